The summed E-state index contributed by atoms with van der Waals surface area (Å²) < 4.78 is 0. The Morgan fingerprint density at radius 1 is 0.900 bits per heavy atom. The molecule has 0 spiro atoms. The Bertz CT molecular complexity index is 885. The van der Waals surface area contributed by atoms with Gasteiger partial charge in [-0.3, -0.25) is 14.5 Å². The molecule has 0 unspecified atom stereocenters. The normalized spacial score (nSPS) is 16.1. The number of para-hydroxylation sites is 1. The lowest BCUT2D eigenvalue weighted by Crippen LogP contribution is -2.52. The molecular weight excluding hydrogens is 423 g/mol. The van der Waals surface area contributed by atoms with Gasteiger partial charge < -0.3 is 15.5 Å². The molecule has 8 heteroatoms. The van der Waals surface area contributed by atoms with E-state index < -0.39 is 0 Å². The molecule has 30 heavy (non-hydrogen) atoms. The van der Waals surface area contributed by atoms with Crippen LogP contribution in [0.5, 0.6) is 0 Å². The van der Waals surface area contributed by atoms with Crippen LogP contribution in [0.15, 0.2) is 48.5 Å². The molecule has 2 aliphatic rings. The summed E-state index contributed by atoms with van der Waals surface area (Å²) in [6.07, 6.45) is 2.04. The standard InChI is InChI=1S/C22H26N4O2.2ClH/c23-19-8-3-6-18(15-19)22(28)25-13-11-24(12-14-25)16-21(27)26-10-4-7-17-5-1-2-9-20(17)26;;/h1-3,5-6,8-9,15H,4,7,10-14,16,23H2;2*1H. The topological polar surface area (TPSA) is 69.9 Å². The number of halogens is 2. The monoisotopic (exact) mass is 450 g/mol. The van der Waals surface area contributed by atoms with E-state index in [1.165, 1.54) is 5.56 Å². The average Bonchev–Trinajstić information content (AvgIpc) is 2.73. The summed E-state index contributed by atoms with van der Waals surface area (Å²) in [5, 5.41) is 0. The predicted molar refractivity (Wildman–Crippen MR) is 125 cm³/mol. The van der Waals surface area contributed by atoms with Crippen molar-refractivity contribution in [3.05, 3.63) is 59.7 Å². The number of amides is 2. The molecule has 2 amide bonds. The van der Waals surface area contributed by atoms with Gasteiger partial charge in [-0.15, -0.1) is 24.8 Å². The fourth-order valence-corrected chi connectivity index (χ4v) is 4.03. The molecule has 1 saturated heterocycles. The molecule has 6 nitrogen and oxygen atoms in total. The summed E-state index contributed by atoms with van der Waals surface area (Å²) in [7, 11) is 0. The Kier molecular flexibility index (Phi) is 8.53. The first-order chi connectivity index (χ1) is 13.6. The lowest BCUT2D eigenvalue weighted by Gasteiger charge is -2.36. The first-order valence-electron chi connectivity index (χ1n) is 9.87. The van der Waals surface area contributed by atoms with Crippen LogP contribution in [0, 0.1) is 0 Å². The molecule has 0 radical (unpaired) electrons. The Labute approximate surface area is 189 Å². The van der Waals surface area contributed by atoms with Gasteiger partial charge in [0, 0.05) is 49.7 Å². The van der Waals surface area contributed by atoms with E-state index in [4.69, 9.17) is 5.73 Å². The largest absolute Gasteiger partial charge is 0.399 e. The summed E-state index contributed by atoms with van der Waals surface area (Å²) in [6, 6.07) is 15.3. The van der Waals surface area contributed by atoms with Gasteiger partial charge in [0.15, 0.2) is 0 Å². The fraction of sp³-hybridized carbons (Fsp3) is 0.364. The third-order valence-electron chi connectivity index (χ3n) is 5.56. The first-order valence-corrected chi connectivity index (χ1v) is 9.87. The first kappa shape index (κ1) is 24.0. The minimum atomic E-state index is 0. The predicted octanol–water partition coefficient (Wildman–Crippen LogP) is 2.85. The molecule has 1 fully saturated rings. The number of piperazine rings is 1. The highest BCUT2D eigenvalue weighted by Gasteiger charge is 2.27. The van der Waals surface area contributed by atoms with E-state index in [0.29, 0.717) is 44.0 Å². The highest BCUT2D eigenvalue weighted by atomic mass is 35.5. The third-order valence-corrected chi connectivity index (χ3v) is 5.56. The van der Waals surface area contributed by atoms with Gasteiger partial charge in [-0.05, 0) is 42.7 Å². The molecule has 4 rings (SSSR count). The number of carbonyl (C=O) groups is 2. The Hall–Kier alpha value is -2.28. The number of rotatable bonds is 3. The maximum absolute atomic E-state index is 12.9. The van der Waals surface area contributed by atoms with Crippen LogP contribution in [-0.2, 0) is 11.2 Å². The van der Waals surface area contributed by atoms with E-state index in [1.54, 1.807) is 24.3 Å². The second kappa shape index (κ2) is 10.7. The van der Waals surface area contributed by atoms with Gasteiger partial charge in [0.2, 0.25) is 5.91 Å². The molecule has 2 aliphatic heterocycles. The average molecular weight is 451 g/mol. The van der Waals surface area contributed by atoms with Crippen molar-refractivity contribution in [2.75, 3.05) is 49.9 Å². The number of fused-ring (bicyclic) bond motifs is 1. The second-order valence-electron chi connectivity index (χ2n) is 7.47. The van der Waals surface area contributed by atoms with Crippen LogP contribution in [0.1, 0.15) is 22.3 Å². The number of hydrogen-bond acceptors (Lipinski definition) is 4. The summed E-state index contributed by atoms with van der Waals surface area (Å²) in [6.45, 7) is 3.83. The highest BCUT2D eigenvalue weighted by Crippen LogP contribution is 2.26. The molecule has 2 heterocycles. The van der Waals surface area contributed by atoms with Gasteiger partial charge in [0.25, 0.3) is 5.91 Å². The molecule has 2 aromatic carbocycles. The summed E-state index contributed by atoms with van der Waals surface area (Å²) in [5.74, 6) is 0.144. The van der Waals surface area contributed by atoms with Crippen molar-refractivity contribution in [3.8, 4) is 0 Å². The zero-order valence-electron chi connectivity index (χ0n) is 16.8. The Morgan fingerprint density at radius 3 is 2.37 bits per heavy atom. The van der Waals surface area contributed by atoms with Crippen molar-refractivity contribution in [2.24, 2.45) is 0 Å². The molecular formula is C22H28Cl2N4O2. The lowest BCUT2D eigenvalue weighted by atomic mass is 10.0. The van der Waals surface area contributed by atoms with Crippen LogP contribution >= 0.6 is 24.8 Å². The zero-order valence-corrected chi connectivity index (χ0v) is 18.5. The smallest absolute Gasteiger partial charge is 0.254 e. The van der Waals surface area contributed by atoms with Crippen LogP contribution in [0.2, 0.25) is 0 Å². The molecule has 0 atom stereocenters. The number of aryl methyl sites for hydroxylation is 1. The summed E-state index contributed by atoms with van der Waals surface area (Å²) in [4.78, 5) is 31.4. The maximum Gasteiger partial charge on any atom is 0.254 e. The molecule has 0 saturated carbocycles. The van der Waals surface area contributed by atoms with E-state index >= 15 is 0 Å². The zero-order chi connectivity index (χ0) is 19.5. The number of hydrogen-bond donors (Lipinski definition) is 1. The Balaban J connectivity index is 0.00000160. The van der Waals surface area contributed by atoms with Crippen LogP contribution in [0.25, 0.3) is 0 Å². The molecule has 162 valence electrons. The van der Waals surface area contributed by atoms with E-state index in [9.17, 15) is 9.59 Å². The maximum atomic E-state index is 12.9. The minimum Gasteiger partial charge on any atom is -0.399 e. The van der Waals surface area contributed by atoms with Crippen molar-refractivity contribution in [3.63, 3.8) is 0 Å². The summed E-state index contributed by atoms with van der Waals surface area (Å²) in [5.41, 5.74) is 9.30. The van der Waals surface area contributed by atoms with Gasteiger partial charge in [0.05, 0.1) is 6.54 Å². The fourth-order valence-electron chi connectivity index (χ4n) is 4.03. The van der Waals surface area contributed by atoms with E-state index in [-0.39, 0.29) is 36.6 Å². The van der Waals surface area contributed by atoms with E-state index in [0.717, 1.165) is 25.1 Å². The number of carbonyl (C=O) groups excluding carboxylic acids is 2. The molecule has 0 aromatic heterocycles. The Morgan fingerprint density at radius 2 is 1.63 bits per heavy atom. The van der Waals surface area contributed by atoms with E-state index in [1.807, 2.05) is 28.0 Å². The highest BCUT2D eigenvalue weighted by molar-refractivity contribution is 5.96. The van der Waals surface area contributed by atoms with Crippen LogP contribution < -0.4 is 10.6 Å². The number of nitrogen functional groups attached to an aromatic ring is 1. The van der Waals surface area contributed by atoms with Crippen LogP contribution in [-0.4, -0.2) is 60.9 Å². The number of nitrogens with zero attached hydrogens (tertiary/aromatic N) is 3. The van der Waals surface area contributed by atoms with Crippen LogP contribution in [0.3, 0.4) is 0 Å². The number of anilines is 2. The second-order valence-corrected chi connectivity index (χ2v) is 7.47. The minimum absolute atomic E-state index is 0. The van der Waals surface area contributed by atoms with Gasteiger partial charge in [0.1, 0.15) is 0 Å². The van der Waals surface area contributed by atoms with E-state index in [2.05, 4.69) is 11.0 Å². The van der Waals surface area contributed by atoms with Crippen molar-refractivity contribution >= 4 is 48.0 Å². The molecule has 0 aliphatic carbocycles. The van der Waals surface area contributed by atoms with Crippen molar-refractivity contribution in [1.82, 2.24) is 9.80 Å². The molecule has 2 N–H and O–H groups in total. The third kappa shape index (κ3) is 5.25. The summed E-state index contributed by atoms with van der Waals surface area (Å²) >= 11 is 0. The molecule has 2 aromatic rings. The van der Waals surface area contributed by atoms with Gasteiger partial charge >= 0.3 is 0 Å². The SMILES string of the molecule is Cl.Cl.Nc1cccc(C(=O)N2CCN(CC(=O)N3CCCc4ccccc43)CC2)c1. The van der Waals surface area contributed by atoms with Crippen molar-refractivity contribution in [1.29, 1.82) is 0 Å². The van der Waals surface area contributed by atoms with Gasteiger partial charge in [-0.1, -0.05) is 24.3 Å². The van der Waals surface area contributed by atoms with Gasteiger partial charge in [-0.25, -0.2) is 0 Å². The van der Waals surface area contributed by atoms with Crippen molar-refractivity contribution in [2.45, 2.75) is 12.8 Å². The number of benzene rings is 2. The lowest BCUT2D eigenvalue weighted by molar-refractivity contribution is -0.120. The van der Waals surface area contributed by atoms with Crippen LogP contribution in [0.4, 0.5) is 11.4 Å². The van der Waals surface area contributed by atoms with Gasteiger partial charge in [-0.2, -0.15) is 0 Å². The quantitative estimate of drug-likeness (QED) is 0.729. The number of nitrogens with two attached hydrogens (primary N) is 1. The molecule has 0 bridgehead atoms. The van der Waals surface area contributed by atoms with Crippen molar-refractivity contribution < 1.29 is 9.59 Å².